The summed E-state index contributed by atoms with van der Waals surface area (Å²) in [5.41, 5.74) is 0.633. The fourth-order valence-corrected chi connectivity index (χ4v) is 2.36. The highest BCUT2D eigenvalue weighted by atomic mass is 16.5. The topological polar surface area (TPSA) is 83.6 Å². The molecule has 0 aromatic carbocycles. The molecule has 1 aromatic heterocycles. The maximum Gasteiger partial charge on any atom is 0.323 e. The Kier molecular flexibility index (Phi) is 3.64. The predicted molar refractivity (Wildman–Crippen MR) is 62.2 cm³/mol. The van der Waals surface area contributed by atoms with Crippen molar-refractivity contribution in [1.29, 1.82) is 0 Å². The van der Waals surface area contributed by atoms with Crippen LogP contribution in [0.4, 0.5) is 0 Å². The van der Waals surface area contributed by atoms with Gasteiger partial charge in [-0.1, -0.05) is 18.0 Å². The van der Waals surface area contributed by atoms with Crippen LogP contribution >= 0.6 is 0 Å². The maximum atomic E-state index is 12.3. The largest absolute Gasteiger partial charge is 0.480 e. The molecule has 1 N–H and O–H groups in total. The molecule has 0 radical (unpaired) electrons. The number of carbonyl (C=O) groups is 2. The second-order valence-electron chi connectivity index (χ2n) is 4.60. The van der Waals surface area contributed by atoms with Crippen LogP contribution < -0.4 is 0 Å². The standard InChI is InChI=1S/C12H16N2O4/c1-8-6-13-18-11(8)12(17)14(7-10(15)16)9-4-2-3-5-9/h6,9H,2-5,7H2,1H3,(H,15,16). The highest BCUT2D eigenvalue weighted by molar-refractivity contribution is 5.94. The number of carbonyl (C=O) groups excluding carboxylic acids is 1. The first kappa shape index (κ1) is 12.6. The molecule has 0 bridgehead atoms. The van der Waals surface area contributed by atoms with Gasteiger partial charge in [0.15, 0.2) is 0 Å². The quantitative estimate of drug-likeness (QED) is 0.876. The summed E-state index contributed by atoms with van der Waals surface area (Å²) < 4.78 is 4.91. The number of aliphatic carboxylic acids is 1. The van der Waals surface area contributed by atoms with Gasteiger partial charge >= 0.3 is 5.97 Å². The summed E-state index contributed by atoms with van der Waals surface area (Å²) in [6, 6.07) is -0.00176. The predicted octanol–water partition coefficient (Wildman–Crippen LogP) is 1.45. The maximum absolute atomic E-state index is 12.3. The third-order valence-electron chi connectivity index (χ3n) is 3.27. The molecule has 0 aliphatic heterocycles. The van der Waals surface area contributed by atoms with E-state index in [1.165, 1.54) is 11.1 Å². The van der Waals surface area contributed by atoms with Crippen molar-refractivity contribution in [2.24, 2.45) is 0 Å². The zero-order chi connectivity index (χ0) is 13.1. The summed E-state index contributed by atoms with van der Waals surface area (Å²) in [6.45, 7) is 1.43. The molecule has 1 fully saturated rings. The number of aromatic nitrogens is 1. The van der Waals surface area contributed by atoms with Crippen molar-refractivity contribution in [3.63, 3.8) is 0 Å². The number of hydrogen-bond acceptors (Lipinski definition) is 4. The van der Waals surface area contributed by atoms with E-state index < -0.39 is 5.97 Å². The van der Waals surface area contributed by atoms with Crippen molar-refractivity contribution >= 4 is 11.9 Å². The molecule has 2 rings (SSSR count). The molecular weight excluding hydrogens is 236 g/mol. The number of rotatable bonds is 4. The number of carboxylic acids is 1. The summed E-state index contributed by atoms with van der Waals surface area (Å²) in [5.74, 6) is -1.24. The highest BCUT2D eigenvalue weighted by Crippen LogP contribution is 2.25. The van der Waals surface area contributed by atoms with Gasteiger partial charge in [0.2, 0.25) is 5.76 Å². The molecule has 1 heterocycles. The summed E-state index contributed by atoms with van der Waals surface area (Å²) in [5, 5.41) is 12.5. The van der Waals surface area contributed by atoms with E-state index in [0.717, 1.165) is 25.7 Å². The van der Waals surface area contributed by atoms with Crippen LogP contribution in [-0.2, 0) is 4.79 Å². The summed E-state index contributed by atoms with van der Waals surface area (Å²) in [6.07, 6.45) is 5.23. The van der Waals surface area contributed by atoms with Crippen LogP contribution in [0.2, 0.25) is 0 Å². The van der Waals surface area contributed by atoms with Crippen molar-refractivity contribution in [3.8, 4) is 0 Å². The van der Waals surface area contributed by atoms with Gasteiger partial charge in [0.25, 0.3) is 5.91 Å². The molecule has 1 aliphatic carbocycles. The number of amides is 1. The number of aryl methyl sites for hydroxylation is 1. The Morgan fingerprint density at radius 2 is 2.17 bits per heavy atom. The van der Waals surface area contributed by atoms with Crippen molar-refractivity contribution in [2.75, 3.05) is 6.54 Å². The van der Waals surface area contributed by atoms with Crippen LogP contribution in [0.3, 0.4) is 0 Å². The van der Waals surface area contributed by atoms with E-state index in [0.29, 0.717) is 5.56 Å². The van der Waals surface area contributed by atoms with Gasteiger partial charge in [-0.25, -0.2) is 0 Å². The molecule has 0 atom stereocenters. The first-order chi connectivity index (χ1) is 8.59. The van der Waals surface area contributed by atoms with Gasteiger partial charge < -0.3 is 14.5 Å². The van der Waals surface area contributed by atoms with Crippen LogP contribution in [-0.4, -0.2) is 39.6 Å². The minimum atomic E-state index is -1.01. The molecular formula is C12H16N2O4. The molecule has 1 saturated carbocycles. The summed E-state index contributed by atoms with van der Waals surface area (Å²) in [4.78, 5) is 24.6. The average molecular weight is 252 g/mol. The van der Waals surface area contributed by atoms with Gasteiger partial charge in [0.1, 0.15) is 6.54 Å². The second-order valence-corrected chi connectivity index (χ2v) is 4.60. The smallest absolute Gasteiger partial charge is 0.323 e. The van der Waals surface area contributed by atoms with E-state index in [1.807, 2.05) is 0 Å². The minimum Gasteiger partial charge on any atom is -0.480 e. The zero-order valence-electron chi connectivity index (χ0n) is 10.3. The first-order valence-electron chi connectivity index (χ1n) is 6.03. The molecule has 6 heteroatoms. The number of carboxylic acid groups (broad SMARTS) is 1. The van der Waals surface area contributed by atoms with Gasteiger partial charge in [-0.3, -0.25) is 9.59 Å². The highest BCUT2D eigenvalue weighted by Gasteiger charge is 2.31. The van der Waals surface area contributed by atoms with Crippen LogP contribution in [0.1, 0.15) is 41.8 Å². The third kappa shape index (κ3) is 2.52. The lowest BCUT2D eigenvalue weighted by Crippen LogP contribution is -2.42. The molecule has 0 saturated heterocycles. The Labute approximate surface area is 105 Å². The van der Waals surface area contributed by atoms with E-state index in [4.69, 9.17) is 9.63 Å². The SMILES string of the molecule is Cc1cnoc1C(=O)N(CC(=O)O)C1CCCC1. The monoisotopic (exact) mass is 252 g/mol. The van der Waals surface area contributed by atoms with Gasteiger partial charge in [-0.05, 0) is 19.8 Å². The summed E-state index contributed by atoms with van der Waals surface area (Å²) >= 11 is 0. The second kappa shape index (κ2) is 5.20. The van der Waals surface area contributed by atoms with Crippen molar-refractivity contribution in [2.45, 2.75) is 38.6 Å². The van der Waals surface area contributed by atoms with Gasteiger partial charge in [0.05, 0.1) is 6.20 Å². The Bertz CT molecular complexity index is 449. The first-order valence-corrected chi connectivity index (χ1v) is 6.03. The van der Waals surface area contributed by atoms with Crippen LogP contribution in [0.5, 0.6) is 0 Å². The van der Waals surface area contributed by atoms with Crippen LogP contribution in [0.25, 0.3) is 0 Å². The van der Waals surface area contributed by atoms with E-state index in [9.17, 15) is 9.59 Å². The van der Waals surface area contributed by atoms with E-state index in [-0.39, 0.29) is 24.3 Å². The lowest BCUT2D eigenvalue weighted by molar-refractivity contribution is -0.138. The van der Waals surface area contributed by atoms with E-state index in [1.54, 1.807) is 6.92 Å². The molecule has 18 heavy (non-hydrogen) atoms. The summed E-state index contributed by atoms with van der Waals surface area (Å²) in [7, 11) is 0. The zero-order valence-corrected chi connectivity index (χ0v) is 10.3. The Morgan fingerprint density at radius 1 is 1.50 bits per heavy atom. The van der Waals surface area contributed by atoms with Crippen LogP contribution in [0.15, 0.2) is 10.7 Å². The average Bonchev–Trinajstić information content (AvgIpc) is 2.95. The number of nitrogens with zero attached hydrogens (tertiary/aromatic N) is 2. The molecule has 98 valence electrons. The van der Waals surface area contributed by atoms with Crippen LogP contribution in [0, 0.1) is 6.92 Å². The molecule has 1 aliphatic rings. The van der Waals surface area contributed by atoms with Crippen molar-refractivity contribution in [3.05, 3.63) is 17.5 Å². The third-order valence-corrected chi connectivity index (χ3v) is 3.27. The Hall–Kier alpha value is -1.85. The van der Waals surface area contributed by atoms with Gasteiger partial charge in [-0.2, -0.15) is 0 Å². The fraction of sp³-hybridized carbons (Fsp3) is 0.583. The normalized spacial score (nSPS) is 15.8. The van der Waals surface area contributed by atoms with E-state index >= 15 is 0 Å². The van der Waals surface area contributed by atoms with E-state index in [2.05, 4.69) is 5.16 Å². The van der Waals surface area contributed by atoms with Crippen molar-refractivity contribution in [1.82, 2.24) is 10.1 Å². The molecule has 6 nitrogen and oxygen atoms in total. The molecule has 0 spiro atoms. The molecule has 0 unspecified atom stereocenters. The van der Waals surface area contributed by atoms with Gasteiger partial charge in [0, 0.05) is 11.6 Å². The number of hydrogen-bond donors (Lipinski definition) is 1. The lowest BCUT2D eigenvalue weighted by atomic mass is 10.1. The lowest BCUT2D eigenvalue weighted by Gasteiger charge is -2.26. The van der Waals surface area contributed by atoms with Crippen molar-refractivity contribution < 1.29 is 19.2 Å². The molecule has 1 amide bonds. The molecule has 1 aromatic rings. The van der Waals surface area contributed by atoms with Gasteiger partial charge in [-0.15, -0.1) is 0 Å². The fourth-order valence-electron chi connectivity index (χ4n) is 2.36. The Balaban J connectivity index is 2.20. The minimum absolute atomic E-state index is 0.00176. The Morgan fingerprint density at radius 3 is 2.67 bits per heavy atom.